The molecular weight excluding hydrogens is 312 g/mol. The predicted octanol–water partition coefficient (Wildman–Crippen LogP) is 3.18. The first-order valence-corrected chi connectivity index (χ1v) is 8.62. The molecule has 0 saturated heterocycles. The van der Waals surface area contributed by atoms with E-state index in [9.17, 15) is 5.26 Å². The Hall–Kier alpha value is -2.91. The van der Waals surface area contributed by atoms with E-state index in [-0.39, 0.29) is 12.1 Å². The van der Waals surface area contributed by atoms with Gasteiger partial charge in [-0.05, 0) is 25.0 Å². The van der Waals surface area contributed by atoms with E-state index in [1.807, 2.05) is 30.3 Å². The maximum Gasteiger partial charge on any atom is 0.168 e. The van der Waals surface area contributed by atoms with Crippen molar-refractivity contribution in [2.45, 2.75) is 37.8 Å². The van der Waals surface area contributed by atoms with Crippen molar-refractivity contribution in [1.82, 2.24) is 15.0 Å². The molecule has 1 aliphatic carbocycles. The SMILES string of the molecule is N#Cc1ncc(N[C@@H]2CCCC[C@@H]2N)nc1-c1cc2ccccc2[nH]1. The van der Waals surface area contributed by atoms with Crippen LogP contribution in [0.15, 0.2) is 36.5 Å². The molecule has 0 unspecified atom stereocenters. The van der Waals surface area contributed by atoms with Gasteiger partial charge in [0.05, 0.1) is 11.9 Å². The van der Waals surface area contributed by atoms with Crippen molar-refractivity contribution in [2.75, 3.05) is 5.32 Å². The molecule has 3 aromatic rings. The van der Waals surface area contributed by atoms with Gasteiger partial charge in [0, 0.05) is 23.0 Å². The predicted molar refractivity (Wildman–Crippen MR) is 97.9 cm³/mol. The lowest BCUT2D eigenvalue weighted by Gasteiger charge is -2.29. The monoisotopic (exact) mass is 332 g/mol. The number of H-pyrrole nitrogens is 1. The highest BCUT2D eigenvalue weighted by Gasteiger charge is 2.22. The van der Waals surface area contributed by atoms with Gasteiger partial charge in [-0.3, -0.25) is 0 Å². The second-order valence-electron chi connectivity index (χ2n) is 6.53. The molecule has 4 rings (SSSR count). The summed E-state index contributed by atoms with van der Waals surface area (Å²) < 4.78 is 0. The average Bonchev–Trinajstić information content (AvgIpc) is 3.07. The maximum atomic E-state index is 9.40. The van der Waals surface area contributed by atoms with Crippen molar-refractivity contribution in [3.63, 3.8) is 0 Å². The molecule has 0 radical (unpaired) electrons. The molecule has 2 atom stereocenters. The summed E-state index contributed by atoms with van der Waals surface area (Å²) in [5, 5.41) is 13.9. The summed E-state index contributed by atoms with van der Waals surface area (Å²) in [7, 11) is 0. The van der Waals surface area contributed by atoms with Crippen LogP contribution in [0, 0.1) is 11.3 Å². The third-order valence-electron chi connectivity index (χ3n) is 4.82. The third kappa shape index (κ3) is 3.06. The van der Waals surface area contributed by atoms with Crippen LogP contribution >= 0.6 is 0 Å². The zero-order valence-electron chi connectivity index (χ0n) is 13.9. The van der Waals surface area contributed by atoms with Gasteiger partial charge in [0.2, 0.25) is 0 Å². The van der Waals surface area contributed by atoms with Crippen LogP contribution in [0.1, 0.15) is 31.4 Å². The summed E-state index contributed by atoms with van der Waals surface area (Å²) in [4.78, 5) is 12.3. The first-order valence-electron chi connectivity index (χ1n) is 8.62. The molecule has 6 heteroatoms. The Labute approximate surface area is 146 Å². The van der Waals surface area contributed by atoms with Gasteiger partial charge in [0.1, 0.15) is 17.6 Å². The van der Waals surface area contributed by atoms with E-state index in [4.69, 9.17) is 5.73 Å². The molecule has 1 fully saturated rings. The van der Waals surface area contributed by atoms with Crippen LogP contribution in [-0.4, -0.2) is 27.0 Å². The zero-order valence-corrected chi connectivity index (χ0v) is 13.9. The number of para-hydroxylation sites is 1. The van der Waals surface area contributed by atoms with Gasteiger partial charge < -0.3 is 16.0 Å². The number of rotatable bonds is 3. The van der Waals surface area contributed by atoms with Gasteiger partial charge >= 0.3 is 0 Å². The van der Waals surface area contributed by atoms with Gasteiger partial charge in [-0.15, -0.1) is 0 Å². The number of nitrogens with zero attached hydrogens (tertiary/aromatic N) is 3. The molecule has 1 aromatic carbocycles. The fourth-order valence-corrected chi connectivity index (χ4v) is 3.46. The molecule has 2 heterocycles. The van der Waals surface area contributed by atoms with Gasteiger partial charge in [0.15, 0.2) is 5.69 Å². The van der Waals surface area contributed by atoms with Crippen molar-refractivity contribution in [3.05, 3.63) is 42.2 Å². The fourth-order valence-electron chi connectivity index (χ4n) is 3.46. The minimum atomic E-state index is 0.128. The lowest BCUT2D eigenvalue weighted by atomic mass is 9.91. The van der Waals surface area contributed by atoms with E-state index in [0.29, 0.717) is 17.2 Å². The first-order chi connectivity index (χ1) is 12.2. The van der Waals surface area contributed by atoms with Crippen LogP contribution in [0.25, 0.3) is 22.3 Å². The summed E-state index contributed by atoms with van der Waals surface area (Å²) in [6.45, 7) is 0. The van der Waals surface area contributed by atoms with Crippen LogP contribution in [0.3, 0.4) is 0 Å². The van der Waals surface area contributed by atoms with Crippen molar-refractivity contribution in [1.29, 1.82) is 5.26 Å². The van der Waals surface area contributed by atoms with Gasteiger partial charge in [0.25, 0.3) is 0 Å². The van der Waals surface area contributed by atoms with E-state index in [0.717, 1.165) is 29.4 Å². The summed E-state index contributed by atoms with van der Waals surface area (Å²) in [6.07, 6.45) is 6.02. The van der Waals surface area contributed by atoms with Crippen molar-refractivity contribution in [2.24, 2.45) is 5.73 Å². The number of benzene rings is 1. The number of hydrogen-bond acceptors (Lipinski definition) is 5. The second kappa shape index (κ2) is 6.54. The van der Waals surface area contributed by atoms with Crippen LogP contribution in [-0.2, 0) is 0 Å². The van der Waals surface area contributed by atoms with Crippen molar-refractivity contribution < 1.29 is 0 Å². The molecule has 2 aromatic heterocycles. The Bertz CT molecular complexity index is 905. The standard InChI is InChI=1S/C19H20N6/c20-10-17-19(16-9-12-5-1-3-7-14(12)23-16)25-18(11-22-17)24-15-8-4-2-6-13(15)21/h1,3,5,7,9,11,13,15,23H,2,4,6,8,21H2,(H,24,25)/t13-,15+/m0/s1. The van der Waals surface area contributed by atoms with Crippen molar-refractivity contribution in [3.8, 4) is 17.5 Å². The Morgan fingerprint density at radius 2 is 2.08 bits per heavy atom. The molecule has 4 N–H and O–H groups in total. The quantitative estimate of drug-likeness (QED) is 0.683. The highest BCUT2D eigenvalue weighted by atomic mass is 15.1. The average molecular weight is 332 g/mol. The number of nitriles is 1. The number of nitrogens with one attached hydrogen (secondary N) is 2. The lowest BCUT2D eigenvalue weighted by Crippen LogP contribution is -2.42. The molecule has 0 aliphatic heterocycles. The molecule has 126 valence electrons. The summed E-state index contributed by atoms with van der Waals surface area (Å²) in [5.41, 5.74) is 8.89. The first kappa shape index (κ1) is 15.6. The Morgan fingerprint density at radius 3 is 2.88 bits per heavy atom. The van der Waals surface area contributed by atoms with E-state index in [1.54, 1.807) is 6.20 Å². The molecule has 25 heavy (non-hydrogen) atoms. The molecule has 1 saturated carbocycles. The van der Waals surface area contributed by atoms with E-state index in [1.165, 1.54) is 12.8 Å². The summed E-state index contributed by atoms with van der Waals surface area (Å²) in [5.74, 6) is 0.662. The molecule has 1 aliphatic rings. The lowest BCUT2D eigenvalue weighted by molar-refractivity contribution is 0.403. The topological polar surface area (TPSA) is 103 Å². The number of aromatic nitrogens is 3. The number of nitrogens with two attached hydrogens (primary N) is 1. The molecule has 6 nitrogen and oxygen atoms in total. The van der Waals surface area contributed by atoms with Crippen LogP contribution < -0.4 is 11.1 Å². The van der Waals surface area contributed by atoms with E-state index >= 15 is 0 Å². The highest BCUT2D eigenvalue weighted by molar-refractivity contribution is 5.85. The van der Waals surface area contributed by atoms with Gasteiger partial charge in [-0.1, -0.05) is 31.0 Å². The Morgan fingerprint density at radius 1 is 1.24 bits per heavy atom. The number of anilines is 1. The van der Waals surface area contributed by atoms with Crippen LogP contribution in [0.5, 0.6) is 0 Å². The zero-order chi connectivity index (χ0) is 17.2. The molecule has 0 bridgehead atoms. The highest BCUT2D eigenvalue weighted by Crippen LogP contribution is 2.26. The Kier molecular flexibility index (Phi) is 4.08. The minimum Gasteiger partial charge on any atom is -0.364 e. The van der Waals surface area contributed by atoms with Gasteiger partial charge in [-0.25, -0.2) is 9.97 Å². The fraction of sp³-hybridized carbons (Fsp3) is 0.316. The third-order valence-corrected chi connectivity index (χ3v) is 4.82. The van der Waals surface area contributed by atoms with Crippen molar-refractivity contribution >= 4 is 16.7 Å². The Balaban J connectivity index is 1.70. The van der Waals surface area contributed by atoms with E-state index < -0.39 is 0 Å². The number of aromatic amines is 1. The largest absolute Gasteiger partial charge is 0.364 e. The minimum absolute atomic E-state index is 0.128. The summed E-state index contributed by atoms with van der Waals surface area (Å²) in [6, 6.07) is 12.4. The summed E-state index contributed by atoms with van der Waals surface area (Å²) >= 11 is 0. The molecule has 0 amide bonds. The smallest absolute Gasteiger partial charge is 0.168 e. The van der Waals surface area contributed by atoms with E-state index in [2.05, 4.69) is 26.3 Å². The van der Waals surface area contributed by atoms with Crippen LogP contribution in [0.4, 0.5) is 5.82 Å². The number of hydrogen-bond donors (Lipinski definition) is 3. The van der Waals surface area contributed by atoms with Gasteiger partial charge in [-0.2, -0.15) is 5.26 Å². The second-order valence-corrected chi connectivity index (χ2v) is 6.53. The number of fused-ring (bicyclic) bond motifs is 1. The normalized spacial score (nSPS) is 20.3. The molecule has 0 spiro atoms. The maximum absolute atomic E-state index is 9.40. The van der Waals surface area contributed by atoms with Crippen LogP contribution in [0.2, 0.25) is 0 Å². The molecular formula is C19H20N6.